The quantitative estimate of drug-likeness (QED) is 0.812. The van der Waals surface area contributed by atoms with Crippen LogP contribution >= 0.6 is 35.1 Å². The molecule has 0 aliphatic heterocycles. The highest BCUT2D eigenvalue weighted by Crippen LogP contribution is 2.49. The smallest absolute Gasteiger partial charge is 0.313 e. The van der Waals surface area contributed by atoms with E-state index in [9.17, 15) is 4.79 Å². The lowest BCUT2D eigenvalue weighted by Gasteiger charge is -2.15. The number of carboxylic acid groups (broad SMARTS) is 1. The first-order valence-electron chi connectivity index (χ1n) is 6.44. The van der Waals surface area contributed by atoms with E-state index in [0.717, 1.165) is 12.2 Å². The van der Waals surface area contributed by atoms with Gasteiger partial charge in [0, 0.05) is 17.5 Å². The van der Waals surface area contributed by atoms with Crippen molar-refractivity contribution in [2.45, 2.75) is 29.3 Å². The molecule has 1 fully saturated rings. The van der Waals surface area contributed by atoms with Gasteiger partial charge in [-0.2, -0.15) is 11.8 Å². The fourth-order valence-electron chi connectivity index (χ4n) is 2.20. The Morgan fingerprint density at radius 3 is 2.95 bits per heavy atom. The Labute approximate surface area is 135 Å². The minimum Gasteiger partial charge on any atom is -0.481 e. The van der Waals surface area contributed by atoms with E-state index in [-0.39, 0.29) is 10.5 Å². The minimum absolute atomic E-state index is 0.0106. The van der Waals surface area contributed by atoms with Crippen molar-refractivity contribution in [1.82, 2.24) is 14.5 Å². The number of thioether (sulfide) groups is 2. The third-order valence-electron chi connectivity index (χ3n) is 3.53. The second-order valence-electron chi connectivity index (χ2n) is 5.05. The molecule has 2 aromatic heterocycles. The summed E-state index contributed by atoms with van der Waals surface area (Å²) in [6.07, 6.45) is 6.06. The summed E-state index contributed by atoms with van der Waals surface area (Å²) in [6.45, 7) is 0.807. The van der Waals surface area contributed by atoms with E-state index in [0.29, 0.717) is 15.7 Å². The van der Waals surface area contributed by atoms with Gasteiger partial charge in [-0.05, 0) is 25.2 Å². The summed E-state index contributed by atoms with van der Waals surface area (Å²) in [5.41, 5.74) is 1.49. The molecular weight excluding hydrogens is 330 g/mol. The van der Waals surface area contributed by atoms with Gasteiger partial charge < -0.3 is 9.67 Å². The lowest BCUT2D eigenvalue weighted by molar-refractivity contribution is -0.133. The average Bonchev–Trinajstić information content (AvgIpc) is 3.14. The SMILES string of the molecule is CSC1(Cn2c(SCC(=O)O)nc3cc(Cl)cnc32)CC1. The largest absolute Gasteiger partial charge is 0.481 e. The van der Waals surface area contributed by atoms with Crippen molar-refractivity contribution in [1.29, 1.82) is 0 Å². The van der Waals surface area contributed by atoms with Gasteiger partial charge in [-0.15, -0.1) is 0 Å². The van der Waals surface area contributed by atoms with Gasteiger partial charge in [0.25, 0.3) is 0 Å². The zero-order chi connectivity index (χ0) is 15.0. The molecule has 8 heteroatoms. The molecule has 1 aliphatic carbocycles. The Morgan fingerprint density at radius 2 is 2.33 bits per heavy atom. The number of hydrogen-bond acceptors (Lipinski definition) is 5. The number of halogens is 1. The van der Waals surface area contributed by atoms with Crippen LogP contribution in [0.2, 0.25) is 5.02 Å². The van der Waals surface area contributed by atoms with Crippen LogP contribution in [-0.2, 0) is 11.3 Å². The highest BCUT2D eigenvalue weighted by molar-refractivity contribution is 8.00. The maximum Gasteiger partial charge on any atom is 0.313 e. The van der Waals surface area contributed by atoms with E-state index >= 15 is 0 Å². The molecule has 2 aromatic rings. The van der Waals surface area contributed by atoms with Crippen LogP contribution in [0.25, 0.3) is 11.2 Å². The minimum atomic E-state index is -0.851. The van der Waals surface area contributed by atoms with E-state index in [4.69, 9.17) is 16.7 Å². The van der Waals surface area contributed by atoms with E-state index in [1.165, 1.54) is 24.6 Å². The maximum absolute atomic E-state index is 10.8. The number of aliphatic carboxylic acids is 1. The second kappa shape index (κ2) is 5.70. The molecule has 0 bridgehead atoms. The van der Waals surface area contributed by atoms with Crippen LogP contribution in [0.15, 0.2) is 17.4 Å². The van der Waals surface area contributed by atoms with E-state index in [1.54, 1.807) is 12.3 Å². The highest BCUT2D eigenvalue weighted by atomic mass is 35.5. The lowest BCUT2D eigenvalue weighted by atomic mass is 10.4. The summed E-state index contributed by atoms with van der Waals surface area (Å²) in [5, 5.41) is 10.1. The van der Waals surface area contributed by atoms with Gasteiger partial charge in [-0.3, -0.25) is 4.79 Å². The average molecular weight is 344 g/mol. The molecule has 1 N–H and O–H groups in total. The summed E-state index contributed by atoms with van der Waals surface area (Å²) < 4.78 is 2.27. The number of nitrogens with zero attached hydrogens (tertiary/aromatic N) is 3. The molecule has 0 aromatic carbocycles. The van der Waals surface area contributed by atoms with Crippen LogP contribution in [-0.4, -0.2) is 42.4 Å². The van der Waals surface area contributed by atoms with Crippen molar-refractivity contribution in [3.05, 3.63) is 17.3 Å². The maximum atomic E-state index is 10.8. The van der Waals surface area contributed by atoms with Gasteiger partial charge in [-0.25, -0.2) is 9.97 Å². The van der Waals surface area contributed by atoms with Gasteiger partial charge >= 0.3 is 5.97 Å². The van der Waals surface area contributed by atoms with Crippen LogP contribution in [0.5, 0.6) is 0 Å². The summed E-state index contributed by atoms with van der Waals surface area (Å²) in [7, 11) is 0. The summed E-state index contributed by atoms with van der Waals surface area (Å²) in [5.74, 6) is -0.862. The summed E-state index contributed by atoms with van der Waals surface area (Å²) in [6, 6.07) is 1.77. The molecule has 0 radical (unpaired) electrons. The van der Waals surface area contributed by atoms with Crippen LogP contribution in [0.3, 0.4) is 0 Å². The van der Waals surface area contributed by atoms with Gasteiger partial charge in [0.2, 0.25) is 0 Å². The fourth-order valence-corrected chi connectivity index (χ4v) is 3.84. The lowest BCUT2D eigenvalue weighted by Crippen LogP contribution is -2.15. The monoisotopic (exact) mass is 343 g/mol. The molecule has 0 amide bonds. The molecule has 1 saturated carbocycles. The number of aromatic nitrogens is 3. The standard InChI is InChI=1S/C13H14ClN3O2S2/c1-20-13(2-3-13)7-17-11-9(4-8(14)5-15-11)16-12(17)21-6-10(18)19/h4-5H,2-3,6-7H2,1H3,(H,18,19). The Balaban J connectivity index is 2.00. The Kier molecular flexibility index (Phi) is 4.07. The predicted octanol–water partition coefficient (Wildman–Crippen LogP) is 3.16. The van der Waals surface area contributed by atoms with Crippen LogP contribution < -0.4 is 0 Å². The highest BCUT2D eigenvalue weighted by Gasteiger charge is 2.43. The number of imidazole rings is 1. The topological polar surface area (TPSA) is 68.0 Å². The number of pyridine rings is 1. The number of carbonyl (C=O) groups is 1. The number of rotatable bonds is 6. The van der Waals surface area contributed by atoms with Gasteiger partial charge in [0.05, 0.1) is 10.8 Å². The van der Waals surface area contributed by atoms with Crippen molar-refractivity contribution in [3.63, 3.8) is 0 Å². The molecule has 0 saturated heterocycles. The fraction of sp³-hybridized carbons (Fsp3) is 0.462. The van der Waals surface area contributed by atoms with E-state index in [2.05, 4.69) is 16.2 Å². The van der Waals surface area contributed by atoms with Crippen molar-refractivity contribution < 1.29 is 9.90 Å². The molecule has 112 valence electrons. The van der Waals surface area contributed by atoms with Gasteiger partial charge in [-0.1, -0.05) is 23.4 Å². The molecular formula is C13H14ClN3O2S2. The second-order valence-corrected chi connectivity index (χ2v) is 7.70. The number of carboxylic acids is 1. The Bertz CT molecular complexity index is 700. The van der Waals surface area contributed by atoms with Crippen LogP contribution in [0.4, 0.5) is 0 Å². The number of fused-ring (bicyclic) bond motifs is 1. The molecule has 3 rings (SSSR count). The molecule has 0 spiro atoms. The Morgan fingerprint density at radius 1 is 1.57 bits per heavy atom. The van der Waals surface area contributed by atoms with Gasteiger partial charge in [0.1, 0.15) is 5.52 Å². The predicted molar refractivity (Wildman–Crippen MR) is 86.4 cm³/mol. The van der Waals surface area contributed by atoms with Crippen molar-refractivity contribution >= 4 is 52.3 Å². The van der Waals surface area contributed by atoms with E-state index in [1.807, 2.05) is 16.3 Å². The van der Waals surface area contributed by atoms with Gasteiger partial charge in [0.15, 0.2) is 10.8 Å². The van der Waals surface area contributed by atoms with Crippen molar-refractivity contribution in [2.24, 2.45) is 0 Å². The third kappa shape index (κ3) is 3.14. The normalized spacial score (nSPS) is 16.3. The zero-order valence-corrected chi connectivity index (χ0v) is 13.8. The van der Waals surface area contributed by atoms with Crippen molar-refractivity contribution in [3.8, 4) is 0 Å². The van der Waals surface area contributed by atoms with Crippen LogP contribution in [0.1, 0.15) is 12.8 Å². The zero-order valence-electron chi connectivity index (χ0n) is 11.4. The summed E-state index contributed by atoms with van der Waals surface area (Å²) in [4.78, 5) is 19.7. The third-order valence-corrected chi connectivity index (χ3v) is 6.10. The molecule has 5 nitrogen and oxygen atoms in total. The first-order chi connectivity index (χ1) is 10.0. The molecule has 1 aliphatic rings. The van der Waals surface area contributed by atoms with Crippen molar-refractivity contribution in [2.75, 3.05) is 12.0 Å². The van der Waals surface area contributed by atoms with E-state index < -0.39 is 5.97 Å². The molecule has 0 unspecified atom stereocenters. The molecule has 0 atom stereocenters. The summed E-state index contributed by atoms with van der Waals surface area (Å²) >= 11 is 9.04. The Hall–Kier alpha value is -0.920. The molecule has 21 heavy (non-hydrogen) atoms. The first-order valence-corrected chi connectivity index (χ1v) is 9.03. The van der Waals surface area contributed by atoms with Crippen LogP contribution in [0, 0.1) is 0 Å². The molecule has 2 heterocycles. The first kappa shape index (κ1) is 15.0. The number of hydrogen-bond donors (Lipinski definition) is 1.